The van der Waals surface area contributed by atoms with Crippen LogP contribution in [0, 0.1) is 6.92 Å². The quantitative estimate of drug-likeness (QED) is 0.816. The molecule has 104 valence electrons. The second-order valence-corrected chi connectivity index (χ2v) is 4.92. The molecule has 2 N–H and O–H groups in total. The lowest BCUT2D eigenvalue weighted by Gasteiger charge is -2.28. The van der Waals surface area contributed by atoms with Crippen molar-refractivity contribution in [2.75, 3.05) is 12.4 Å². The van der Waals surface area contributed by atoms with Gasteiger partial charge >= 0.3 is 5.97 Å². The number of rotatable bonds is 3. The standard InChI is InChI=1S/C14H20N2O3/c1-9-10(14(18)19-2)7-8-13(15-9)16-11-5-3-4-6-12(11)17/h7-8,11-12,17H,3-6H2,1-2H3,(H,15,16). The molecule has 0 aromatic carbocycles. The third kappa shape index (κ3) is 3.23. The Hall–Kier alpha value is -1.62. The number of methoxy groups -OCH3 is 1. The molecule has 1 aromatic heterocycles. The first-order valence-electron chi connectivity index (χ1n) is 6.62. The zero-order valence-electron chi connectivity index (χ0n) is 11.3. The molecule has 1 aromatic rings. The van der Waals surface area contributed by atoms with Gasteiger partial charge in [0.05, 0.1) is 30.5 Å². The normalized spacial score (nSPS) is 22.9. The summed E-state index contributed by atoms with van der Waals surface area (Å²) in [5, 5.41) is 13.2. The predicted molar refractivity (Wildman–Crippen MR) is 72.2 cm³/mol. The van der Waals surface area contributed by atoms with Crippen LogP contribution in [-0.4, -0.2) is 35.3 Å². The van der Waals surface area contributed by atoms with Gasteiger partial charge in [0.25, 0.3) is 0 Å². The van der Waals surface area contributed by atoms with Crippen LogP contribution >= 0.6 is 0 Å². The smallest absolute Gasteiger partial charge is 0.339 e. The van der Waals surface area contributed by atoms with Crippen molar-refractivity contribution in [1.29, 1.82) is 0 Å². The van der Waals surface area contributed by atoms with E-state index in [0.717, 1.165) is 25.7 Å². The molecule has 0 spiro atoms. The van der Waals surface area contributed by atoms with Gasteiger partial charge in [-0.3, -0.25) is 0 Å². The van der Waals surface area contributed by atoms with Gasteiger partial charge in [-0.15, -0.1) is 0 Å². The van der Waals surface area contributed by atoms with Crippen LogP contribution in [0.3, 0.4) is 0 Å². The molecule has 2 rings (SSSR count). The van der Waals surface area contributed by atoms with Gasteiger partial charge in [0.15, 0.2) is 0 Å². The molecule has 1 aliphatic carbocycles. The lowest BCUT2D eigenvalue weighted by atomic mass is 9.92. The van der Waals surface area contributed by atoms with Gasteiger partial charge < -0.3 is 15.2 Å². The maximum absolute atomic E-state index is 11.5. The van der Waals surface area contributed by atoms with E-state index < -0.39 is 0 Å². The van der Waals surface area contributed by atoms with Crippen LogP contribution in [-0.2, 0) is 4.74 Å². The fourth-order valence-electron chi connectivity index (χ4n) is 2.44. The number of hydrogen-bond acceptors (Lipinski definition) is 5. The van der Waals surface area contributed by atoms with Crippen molar-refractivity contribution >= 4 is 11.8 Å². The van der Waals surface area contributed by atoms with Crippen LogP contribution < -0.4 is 5.32 Å². The number of pyridine rings is 1. The number of aromatic nitrogens is 1. The van der Waals surface area contributed by atoms with E-state index in [9.17, 15) is 9.90 Å². The molecule has 19 heavy (non-hydrogen) atoms. The van der Waals surface area contributed by atoms with Crippen LogP contribution in [0.25, 0.3) is 0 Å². The fraction of sp³-hybridized carbons (Fsp3) is 0.571. The summed E-state index contributed by atoms with van der Waals surface area (Å²) < 4.78 is 4.68. The van der Waals surface area contributed by atoms with Gasteiger partial charge in [-0.2, -0.15) is 0 Å². The summed E-state index contributed by atoms with van der Waals surface area (Å²) >= 11 is 0. The van der Waals surface area contributed by atoms with E-state index in [1.807, 2.05) is 0 Å². The van der Waals surface area contributed by atoms with Crippen molar-refractivity contribution < 1.29 is 14.6 Å². The number of hydrogen-bond donors (Lipinski definition) is 2. The number of carbonyl (C=O) groups excluding carboxylic acids is 1. The van der Waals surface area contributed by atoms with Crippen LogP contribution in [0.2, 0.25) is 0 Å². The largest absolute Gasteiger partial charge is 0.465 e. The van der Waals surface area contributed by atoms with Gasteiger partial charge in [-0.1, -0.05) is 12.8 Å². The van der Waals surface area contributed by atoms with Gasteiger partial charge in [0.2, 0.25) is 0 Å². The first kappa shape index (κ1) is 13.8. The Morgan fingerprint density at radius 1 is 1.42 bits per heavy atom. The van der Waals surface area contributed by atoms with Crippen LogP contribution in [0.5, 0.6) is 0 Å². The molecular formula is C14H20N2O3. The van der Waals surface area contributed by atoms with E-state index in [4.69, 9.17) is 0 Å². The van der Waals surface area contributed by atoms with E-state index in [1.54, 1.807) is 19.1 Å². The molecule has 5 heteroatoms. The Balaban J connectivity index is 2.09. The summed E-state index contributed by atoms with van der Waals surface area (Å²) in [5.74, 6) is 0.311. The zero-order chi connectivity index (χ0) is 13.8. The van der Waals surface area contributed by atoms with Gasteiger partial charge in [-0.05, 0) is 31.9 Å². The molecule has 2 atom stereocenters. The Kier molecular flexibility index (Phi) is 4.37. The fourth-order valence-corrected chi connectivity index (χ4v) is 2.44. The minimum atomic E-state index is -0.380. The van der Waals surface area contributed by atoms with Crippen molar-refractivity contribution in [3.63, 3.8) is 0 Å². The minimum Gasteiger partial charge on any atom is -0.465 e. The maximum Gasteiger partial charge on any atom is 0.339 e. The van der Waals surface area contributed by atoms with Crippen molar-refractivity contribution in [3.05, 3.63) is 23.4 Å². The van der Waals surface area contributed by atoms with E-state index in [-0.39, 0.29) is 18.1 Å². The molecule has 2 unspecified atom stereocenters. The van der Waals surface area contributed by atoms with Crippen molar-refractivity contribution in [2.45, 2.75) is 44.8 Å². The Morgan fingerprint density at radius 3 is 2.79 bits per heavy atom. The molecule has 5 nitrogen and oxygen atoms in total. The molecule has 0 radical (unpaired) electrons. The van der Waals surface area contributed by atoms with Crippen LogP contribution in [0.4, 0.5) is 5.82 Å². The first-order valence-corrected chi connectivity index (χ1v) is 6.62. The maximum atomic E-state index is 11.5. The number of nitrogens with zero attached hydrogens (tertiary/aromatic N) is 1. The van der Waals surface area contributed by atoms with E-state index in [0.29, 0.717) is 17.1 Å². The highest BCUT2D eigenvalue weighted by molar-refractivity contribution is 5.90. The van der Waals surface area contributed by atoms with Gasteiger partial charge in [0, 0.05) is 0 Å². The summed E-state index contributed by atoms with van der Waals surface area (Å²) in [6.07, 6.45) is 3.65. The minimum absolute atomic E-state index is 0.0460. The molecule has 1 aliphatic rings. The van der Waals surface area contributed by atoms with Crippen LogP contribution in [0.15, 0.2) is 12.1 Å². The first-order chi connectivity index (χ1) is 9.11. The molecule has 0 bridgehead atoms. The number of anilines is 1. The molecule has 0 amide bonds. The summed E-state index contributed by atoms with van der Waals surface area (Å²) in [6, 6.07) is 3.50. The van der Waals surface area contributed by atoms with E-state index in [2.05, 4.69) is 15.0 Å². The summed E-state index contributed by atoms with van der Waals surface area (Å²) in [6.45, 7) is 1.77. The third-order valence-electron chi connectivity index (χ3n) is 3.55. The van der Waals surface area contributed by atoms with Crippen molar-refractivity contribution in [1.82, 2.24) is 4.98 Å². The summed E-state index contributed by atoms with van der Waals surface area (Å²) in [7, 11) is 1.35. The zero-order valence-corrected chi connectivity index (χ0v) is 11.3. The molecule has 0 saturated heterocycles. The van der Waals surface area contributed by atoms with Crippen molar-refractivity contribution in [3.8, 4) is 0 Å². The monoisotopic (exact) mass is 264 g/mol. The van der Waals surface area contributed by atoms with E-state index in [1.165, 1.54) is 7.11 Å². The summed E-state index contributed by atoms with van der Waals surface area (Å²) in [5.41, 5.74) is 1.10. The highest BCUT2D eigenvalue weighted by atomic mass is 16.5. The third-order valence-corrected chi connectivity index (χ3v) is 3.55. The molecule has 0 aliphatic heterocycles. The number of carbonyl (C=O) groups is 1. The van der Waals surface area contributed by atoms with Crippen LogP contribution in [0.1, 0.15) is 41.7 Å². The Labute approximate surface area is 113 Å². The SMILES string of the molecule is COC(=O)c1ccc(NC2CCCCC2O)nc1C. The molecule has 1 heterocycles. The number of aliphatic hydroxyl groups excluding tert-OH is 1. The highest BCUT2D eigenvalue weighted by Gasteiger charge is 2.23. The van der Waals surface area contributed by atoms with Gasteiger partial charge in [-0.25, -0.2) is 9.78 Å². The Bertz CT molecular complexity index is 462. The molecule has 1 saturated carbocycles. The number of aryl methyl sites for hydroxylation is 1. The van der Waals surface area contributed by atoms with Gasteiger partial charge in [0.1, 0.15) is 5.82 Å². The number of nitrogens with one attached hydrogen (secondary N) is 1. The highest BCUT2D eigenvalue weighted by Crippen LogP contribution is 2.22. The lowest BCUT2D eigenvalue weighted by molar-refractivity contribution is 0.0599. The number of ether oxygens (including phenoxy) is 1. The topological polar surface area (TPSA) is 71.5 Å². The second-order valence-electron chi connectivity index (χ2n) is 4.92. The molecular weight excluding hydrogens is 244 g/mol. The Morgan fingerprint density at radius 2 is 2.16 bits per heavy atom. The average molecular weight is 264 g/mol. The molecule has 1 fully saturated rings. The van der Waals surface area contributed by atoms with E-state index >= 15 is 0 Å². The average Bonchev–Trinajstić information content (AvgIpc) is 2.41. The van der Waals surface area contributed by atoms with Crippen molar-refractivity contribution in [2.24, 2.45) is 0 Å². The lowest BCUT2D eigenvalue weighted by Crippen LogP contribution is -2.36. The predicted octanol–water partition coefficient (Wildman–Crippen LogP) is 1.89. The summed E-state index contributed by atoms with van der Waals surface area (Å²) in [4.78, 5) is 15.8. The second kappa shape index (κ2) is 6.02. The number of esters is 1. The number of aliphatic hydroxyl groups is 1.